The molecule has 0 amide bonds. The molecule has 0 aromatic carbocycles. The van der Waals surface area contributed by atoms with Crippen molar-refractivity contribution in [1.29, 1.82) is 5.41 Å². The summed E-state index contributed by atoms with van der Waals surface area (Å²) in [5.41, 5.74) is 5.32. The summed E-state index contributed by atoms with van der Waals surface area (Å²) in [4.78, 5) is 2.56. The van der Waals surface area contributed by atoms with Crippen LogP contribution in [0.15, 0.2) is 0 Å². The Bertz CT molecular complexity index is 183. The van der Waals surface area contributed by atoms with Crippen LogP contribution in [0.5, 0.6) is 0 Å². The van der Waals surface area contributed by atoms with Gasteiger partial charge in [0.15, 0.2) is 0 Å². The summed E-state index contributed by atoms with van der Waals surface area (Å²) < 4.78 is 0. The summed E-state index contributed by atoms with van der Waals surface area (Å²) in [5.74, 6) is 1.30. The van der Waals surface area contributed by atoms with Gasteiger partial charge in [-0.05, 0) is 51.2 Å². The summed E-state index contributed by atoms with van der Waals surface area (Å²) in [5, 5.41) is 7.13. The Labute approximate surface area is 93.5 Å². The number of nitrogens with one attached hydrogen (secondary N) is 1. The molecule has 1 saturated heterocycles. The third-order valence-corrected chi connectivity index (χ3v) is 3.45. The third kappa shape index (κ3) is 5.17. The molecule has 1 rings (SSSR count). The van der Waals surface area contributed by atoms with Gasteiger partial charge in [-0.1, -0.05) is 13.3 Å². The third-order valence-electron chi connectivity index (χ3n) is 3.45. The van der Waals surface area contributed by atoms with E-state index >= 15 is 0 Å². The quantitative estimate of drug-likeness (QED) is 0.402. The molecule has 1 aliphatic rings. The molecule has 3 N–H and O–H groups in total. The van der Waals surface area contributed by atoms with Crippen LogP contribution in [0, 0.1) is 11.3 Å². The highest BCUT2D eigenvalue weighted by atomic mass is 15.1. The van der Waals surface area contributed by atoms with E-state index in [0.29, 0.717) is 5.84 Å². The zero-order valence-electron chi connectivity index (χ0n) is 9.97. The molecule has 0 saturated carbocycles. The van der Waals surface area contributed by atoms with Crippen LogP contribution in [0.1, 0.15) is 45.4 Å². The van der Waals surface area contributed by atoms with Crippen LogP contribution in [-0.4, -0.2) is 30.4 Å². The molecule has 0 atom stereocenters. The van der Waals surface area contributed by atoms with E-state index in [4.69, 9.17) is 11.1 Å². The van der Waals surface area contributed by atoms with E-state index in [2.05, 4.69) is 11.8 Å². The number of hydrogen-bond donors (Lipinski definition) is 2. The average molecular weight is 211 g/mol. The zero-order valence-corrected chi connectivity index (χ0v) is 9.97. The lowest BCUT2D eigenvalue weighted by Crippen LogP contribution is -2.34. The highest BCUT2D eigenvalue weighted by molar-refractivity contribution is 5.76. The lowest BCUT2D eigenvalue weighted by atomic mass is 9.94. The molecule has 15 heavy (non-hydrogen) atoms. The summed E-state index contributed by atoms with van der Waals surface area (Å²) in [6.07, 6.45) is 7.13. The maximum absolute atomic E-state index is 7.13. The van der Waals surface area contributed by atoms with Gasteiger partial charge >= 0.3 is 0 Å². The van der Waals surface area contributed by atoms with E-state index in [1.165, 1.54) is 45.3 Å². The Morgan fingerprint density at radius 2 is 2.00 bits per heavy atom. The molecule has 0 spiro atoms. The van der Waals surface area contributed by atoms with Crippen molar-refractivity contribution in [3.63, 3.8) is 0 Å². The number of rotatable bonds is 6. The molecule has 0 aliphatic carbocycles. The van der Waals surface area contributed by atoms with Crippen LogP contribution in [0.2, 0.25) is 0 Å². The van der Waals surface area contributed by atoms with Crippen molar-refractivity contribution < 1.29 is 0 Å². The van der Waals surface area contributed by atoms with Gasteiger partial charge in [0.25, 0.3) is 0 Å². The first kappa shape index (κ1) is 12.5. The van der Waals surface area contributed by atoms with Crippen LogP contribution in [-0.2, 0) is 0 Å². The fourth-order valence-corrected chi connectivity index (χ4v) is 2.27. The number of hydrogen-bond acceptors (Lipinski definition) is 2. The van der Waals surface area contributed by atoms with E-state index < -0.39 is 0 Å². The smallest absolute Gasteiger partial charge is 0.0905 e. The number of amidine groups is 1. The van der Waals surface area contributed by atoms with Gasteiger partial charge in [0.1, 0.15) is 0 Å². The minimum absolute atomic E-state index is 0.333. The predicted molar refractivity (Wildman–Crippen MR) is 65.2 cm³/mol. The molecular formula is C12H25N3. The largest absolute Gasteiger partial charge is 0.388 e. The van der Waals surface area contributed by atoms with Crippen molar-refractivity contribution in [1.82, 2.24) is 4.90 Å². The first-order valence-electron chi connectivity index (χ1n) is 6.27. The van der Waals surface area contributed by atoms with E-state index in [-0.39, 0.29) is 0 Å². The molecule has 1 aliphatic heterocycles. The number of likely N-dealkylation sites (tertiary alicyclic amines) is 1. The molecule has 1 heterocycles. The number of unbranched alkanes of at least 4 members (excludes halogenated alkanes) is 1. The summed E-state index contributed by atoms with van der Waals surface area (Å²) in [6.45, 7) is 6.05. The highest BCUT2D eigenvalue weighted by Gasteiger charge is 2.16. The molecule has 0 radical (unpaired) electrons. The van der Waals surface area contributed by atoms with Gasteiger partial charge in [-0.2, -0.15) is 0 Å². The summed E-state index contributed by atoms with van der Waals surface area (Å²) >= 11 is 0. The van der Waals surface area contributed by atoms with Gasteiger partial charge in [-0.25, -0.2) is 0 Å². The predicted octanol–water partition coefficient (Wildman–Crippen LogP) is 2.21. The molecular weight excluding hydrogens is 186 g/mol. The van der Waals surface area contributed by atoms with E-state index in [1.807, 2.05) is 0 Å². The molecule has 3 heteroatoms. The number of nitrogens with zero attached hydrogens (tertiary/aromatic N) is 1. The molecule has 0 aromatic rings. The van der Waals surface area contributed by atoms with Crippen LogP contribution in [0.3, 0.4) is 0 Å². The van der Waals surface area contributed by atoms with E-state index in [0.717, 1.165) is 18.8 Å². The Morgan fingerprint density at radius 1 is 1.33 bits per heavy atom. The lowest BCUT2D eigenvalue weighted by Gasteiger charge is -2.31. The van der Waals surface area contributed by atoms with Crippen molar-refractivity contribution in [2.75, 3.05) is 19.6 Å². The molecule has 0 unspecified atom stereocenters. The van der Waals surface area contributed by atoms with Gasteiger partial charge < -0.3 is 10.6 Å². The minimum atomic E-state index is 0.333. The molecule has 1 fully saturated rings. The standard InChI is InChI=1S/C12H25N3/c1-2-11-6-9-15(10-7-11)8-4-3-5-12(13)14/h11H,2-10H2,1H3,(H3,13,14). The minimum Gasteiger partial charge on any atom is -0.388 e. The van der Waals surface area contributed by atoms with E-state index in [9.17, 15) is 0 Å². The number of piperidine rings is 1. The molecule has 3 nitrogen and oxygen atoms in total. The van der Waals surface area contributed by atoms with Gasteiger partial charge in [-0.15, -0.1) is 0 Å². The second kappa shape index (κ2) is 6.83. The molecule has 88 valence electrons. The Balaban J connectivity index is 2.01. The van der Waals surface area contributed by atoms with Crippen LogP contribution < -0.4 is 5.73 Å². The van der Waals surface area contributed by atoms with Crippen molar-refractivity contribution in [2.45, 2.75) is 45.4 Å². The highest BCUT2D eigenvalue weighted by Crippen LogP contribution is 2.19. The Morgan fingerprint density at radius 3 is 2.53 bits per heavy atom. The Kier molecular flexibility index (Phi) is 5.69. The first-order chi connectivity index (χ1) is 7.22. The van der Waals surface area contributed by atoms with Crippen LogP contribution in [0.4, 0.5) is 0 Å². The van der Waals surface area contributed by atoms with Crippen molar-refractivity contribution >= 4 is 5.84 Å². The van der Waals surface area contributed by atoms with Gasteiger partial charge in [-0.3, -0.25) is 5.41 Å². The van der Waals surface area contributed by atoms with Crippen molar-refractivity contribution in [3.8, 4) is 0 Å². The first-order valence-corrected chi connectivity index (χ1v) is 6.27. The second-order valence-electron chi connectivity index (χ2n) is 4.68. The molecule has 0 bridgehead atoms. The fourth-order valence-electron chi connectivity index (χ4n) is 2.27. The maximum atomic E-state index is 7.13. The monoisotopic (exact) mass is 211 g/mol. The number of nitrogens with two attached hydrogens (primary N) is 1. The topological polar surface area (TPSA) is 53.1 Å². The van der Waals surface area contributed by atoms with Gasteiger partial charge in [0.05, 0.1) is 5.84 Å². The van der Waals surface area contributed by atoms with Gasteiger partial charge in [0.2, 0.25) is 0 Å². The zero-order chi connectivity index (χ0) is 11.1. The second-order valence-corrected chi connectivity index (χ2v) is 4.68. The van der Waals surface area contributed by atoms with Crippen molar-refractivity contribution in [2.24, 2.45) is 11.7 Å². The normalized spacial score (nSPS) is 19.3. The maximum Gasteiger partial charge on any atom is 0.0905 e. The SMILES string of the molecule is CCC1CCN(CCCCC(=N)N)CC1. The van der Waals surface area contributed by atoms with Crippen molar-refractivity contribution in [3.05, 3.63) is 0 Å². The van der Waals surface area contributed by atoms with E-state index in [1.54, 1.807) is 0 Å². The molecule has 0 aromatic heterocycles. The fraction of sp³-hybridized carbons (Fsp3) is 0.917. The van der Waals surface area contributed by atoms with Crippen LogP contribution in [0.25, 0.3) is 0 Å². The Hall–Kier alpha value is -0.570. The summed E-state index contributed by atoms with van der Waals surface area (Å²) in [6, 6.07) is 0. The average Bonchev–Trinajstić information content (AvgIpc) is 2.25. The van der Waals surface area contributed by atoms with Gasteiger partial charge in [0, 0.05) is 6.42 Å². The lowest BCUT2D eigenvalue weighted by molar-refractivity contribution is 0.179. The van der Waals surface area contributed by atoms with Crippen LogP contribution >= 0.6 is 0 Å². The summed E-state index contributed by atoms with van der Waals surface area (Å²) in [7, 11) is 0.